The first-order valence-corrected chi connectivity index (χ1v) is 8.08. The van der Waals surface area contributed by atoms with E-state index in [9.17, 15) is 0 Å². The van der Waals surface area contributed by atoms with Crippen molar-refractivity contribution in [1.82, 2.24) is 24.5 Å². The van der Waals surface area contributed by atoms with Gasteiger partial charge >= 0.3 is 0 Å². The Morgan fingerprint density at radius 1 is 1.00 bits per heavy atom. The number of aryl methyl sites for hydroxylation is 2. The molecule has 124 valence electrons. The summed E-state index contributed by atoms with van der Waals surface area (Å²) < 4.78 is 2.11. The number of hydrogen-bond acceptors (Lipinski definition) is 5. The molecule has 0 aliphatic carbocycles. The molecule has 0 aromatic carbocycles. The molecule has 0 atom stereocenters. The Hall–Kier alpha value is -3.28. The maximum atomic E-state index is 4.52. The van der Waals surface area contributed by atoms with E-state index in [0.717, 1.165) is 45.2 Å². The lowest BCUT2D eigenvalue weighted by molar-refractivity contribution is 1.00. The molecule has 4 aromatic heterocycles. The summed E-state index contributed by atoms with van der Waals surface area (Å²) >= 11 is 0. The van der Waals surface area contributed by atoms with Crippen molar-refractivity contribution < 1.29 is 0 Å². The highest BCUT2D eigenvalue weighted by molar-refractivity contribution is 5.94. The third-order valence-electron chi connectivity index (χ3n) is 4.36. The minimum Gasteiger partial charge on any atom is -0.324 e. The second-order valence-electron chi connectivity index (χ2n) is 6.02. The number of aromatic nitrogens is 5. The first-order chi connectivity index (χ1) is 12.1. The van der Waals surface area contributed by atoms with Crippen LogP contribution in [0.5, 0.6) is 0 Å². The van der Waals surface area contributed by atoms with Crippen LogP contribution >= 0.6 is 0 Å². The summed E-state index contributed by atoms with van der Waals surface area (Å²) in [5.74, 6) is 1.53. The maximum Gasteiger partial charge on any atom is 0.150 e. The van der Waals surface area contributed by atoms with Gasteiger partial charge in [-0.15, -0.1) is 0 Å². The molecule has 4 heterocycles. The summed E-state index contributed by atoms with van der Waals surface area (Å²) in [5, 5.41) is 4.32. The number of fused-ring (bicyclic) bond motifs is 1. The average Bonchev–Trinajstić information content (AvgIpc) is 2.88. The second-order valence-corrected chi connectivity index (χ2v) is 6.02. The molecular formula is C19H18N6. The lowest BCUT2D eigenvalue weighted by Crippen LogP contribution is -2.00. The monoisotopic (exact) mass is 330 g/mol. The number of anilines is 2. The molecule has 4 rings (SSSR count). The molecule has 0 spiro atoms. The highest BCUT2D eigenvalue weighted by Gasteiger charge is 2.17. The Morgan fingerprint density at radius 3 is 2.64 bits per heavy atom. The summed E-state index contributed by atoms with van der Waals surface area (Å²) in [6.07, 6.45) is 6.97. The zero-order valence-electron chi connectivity index (χ0n) is 14.4. The normalized spacial score (nSPS) is 11.0. The third kappa shape index (κ3) is 2.61. The fraction of sp³-hybridized carbons (Fsp3) is 0.158. The van der Waals surface area contributed by atoms with Crippen molar-refractivity contribution in [2.45, 2.75) is 20.8 Å². The van der Waals surface area contributed by atoms with E-state index in [0.29, 0.717) is 0 Å². The van der Waals surface area contributed by atoms with Crippen LogP contribution in [0.15, 0.2) is 49.2 Å². The van der Waals surface area contributed by atoms with E-state index in [1.165, 1.54) is 0 Å². The zero-order chi connectivity index (χ0) is 17.4. The number of rotatable bonds is 3. The van der Waals surface area contributed by atoms with Gasteiger partial charge in [0, 0.05) is 18.1 Å². The molecule has 0 unspecified atom stereocenters. The Kier molecular flexibility index (Phi) is 3.65. The first-order valence-electron chi connectivity index (χ1n) is 8.08. The van der Waals surface area contributed by atoms with E-state index >= 15 is 0 Å². The highest BCUT2D eigenvalue weighted by atomic mass is 15.1. The van der Waals surface area contributed by atoms with Crippen LogP contribution in [0.2, 0.25) is 0 Å². The Balaban J connectivity index is 1.91. The zero-order valence-corrected chi connectivity index (χ0v) is 14.4. The molecule has 1 N–H and O–H groups in total. The van der Waals surface area contributed by atoms with Gasteiger partial charge in [0.2, 0.25) is 0 Å². The van der Waals surface area contributed by atoms with E-state index in [2.05, 4.69) is 43.7 Å². The van der Waals surface area contributed by atoms with Crippen LogP contribution in [0.25, 0.3) is 16.7 Å². The highest BCUT2D eigenvalue weighted by Crippen LogP contribution is 2.32. The predicted molar refractivity (Wildman–Crippen MR) is 98.4 cm³/mol. The van der Waals surface area contributed by atoms with Gasteiger partial charge in [0.25, 0.3) is 0 Å². The molecule has 0 amide bonds. The molecule has 4 aromatic rings. The molecule has 6 nitrogen and oxygen atoms in total. The Labute approximate surface area is 145 Å². The molecule has 0 saturated heterocycles. The van der Waals surface area contributed by atoms with Gasteiger partial charge in [-0.05, 0) is 56.2 Å². The van der Waals surface area contributed by atoms with Gasteiger partial charge in [-0.25, -0.2) is 15.0 Å². The summed E-state index contributed by atoms with van der Waals surface area (Å²) in [7, 11) is 0. The minimum absolute atomic E-state index is 0.756. The van der Waals surface area contributed by atoms with Crippen LogP contribution in [0.1, 0.15) is 16.8 Å². The Morgan fingerprint density at radius 2 is 1.88 bits per heavy atom. The van der Waals surface area contributed by atoms with E-state index < -0.39 is 0 Å². The summed E-state index contributed by atoms with van der Waals surface area (Å²) in [4.78, 5) is 17.6. The van der Waals surface area contributed by atoms with Crippen molar-refractivity contribution in [3.8, 4) is 5.69 Å². The van der Waals surface area contributed by atoms with Crippen molar-refractivity contribution in [3.05, 3.63) is 66.0 Å². The fourth-order valence-corrected chi connectivity index (χ4v) is 3.02. The lowest BCUT2D eigenvalue weighted by atomic mass is 10.2. The summed E-state index contributed by atoms with van der Waals surface area (Å²) in [6.45, 7) is 6.21. The third-order valence-corrected chi connectivity index (χ3v) is 4.36. The summed E-state index contributed by atoms with van der Waals surface area (Å²) in [6, 6.07) is 7.91. The van der Waals surface area contributed by atoms with Gasteiger partial charge in [0.05, 0.1) is 17.3 Å². The summed E-state index contributed by atoms with van der Waals surface area (Å²) in [5.41, 5.74) is 5.23. The molecule has 0 aliphatic heterocycles. The molecular weight excluding hydrogens is 312 g/mol. The van der Waals surface area contributed by atoms with Gasteiger partial charge in [-0.2, -0.15) is 0 Å². The van der Waals surface area contributed by atoms with Crippen LogP contribution in [-0.4, -0.2) is 24.5 Å². The fourth-order valence-electron chi connectivity index (χ4n) is 3.02. The van der Waals surface area contributed by atoms with Crippen molar-refractivity contribution in [2.75, 3.05) is 5.32 Å². The minimum atomic E-state index is 0.756. The van der Waals surface area contributed by atoms with Gasteiger partial charge in [-0.1, -0.05) is 0 Å². The molecule has 0 bridgehead atoms. The van der Waals surface area contributed by atoms with E-state index in [4.69, 9.17) is 0 Å². The predicted octanol–water partition coefficient (Wildman–Crippen LogP) is 3.88. The molecule has 0 radical (unpaired) electrons. The van der Waals surface area contributed by atoms with Crippen molar-refractivity contribution in [3.63, 3.8) is 0 Å². The molecule has 0 aliphatic rings. The van der Waals surface area contributed by atoms with E-state index in [1.54, 1.807) is 18.7 Å². The largest absolute Gasteiger partial charge is 0.324 e. The van der Waals surface area contributed by atoms with Gasteiger partial charge in [-0.3, -0.25) is 9.55 Å². The number of nitrogens with zero attached hydrogens (tertiary/aromatic N) is 5. The molecule has 6 heteroatoms. The van der Waals surface area contributed by atoms with Crippen molar-refractivity contribution in [2.24, 2.45) is 0 Å². The molecule has 25 heavy (non-hydrogen) atoms. The SMILES string of the molecule is Cc1ccnc(Nc2ncnc3c2c(C)c(C)n3-c2cccnc2)c1. The van der Waals surface area contributed by atoms with E-state index in [-0.39, 0.29) is 0 Å². The van der Waals surface area contributed by atoms with Crippen LogP contribution in [0.4, 0.5) is 11.6 Å². The van der Waals surface area contributed by atoms with Gasteiger partial charge in [0.15, 0.2) is 5.65 Å². The van der Waals surface area contributed by atoms with Crippen molar-refractivity contribution >= 4 is 22.7 Å². The Bertz CT molecular complexity index is 1050. The number of pyridine rings is 2. The molecule has 0 fully saturated rings. The average molecular weight is 330 g/mol. The van der Waals surface area contributed by atoms with Crippen LogP contribution in [-0.2, 0) is 0 Å². The van der Waals surface area contributed by atoms with Gasteiger partial charge in [0.1, 0.15) is 18.0 Å². The first kappa shape index (κ1) is 15.3. The second kappa shape index (κ2) is 5.98. The number of hydrogen-bond donors (Lipinski definition) is 1. The smallest absolute Gasteiger partial charge is 0.150 e. The van der Waals surface area contributed by atoms with Crippen LogP contribution in [0, 0.1) is 20.8 Å². The lowest BCUT2D eigenvalue weighted by Gasteiger charge is -2.08. The van der Waals surface area contributed by atoms with E-state index in [1.807, 2.05) is 37.4 Å². The topological polar surface area (TPSA) is 68.5 Å². The maximum absolute atomic E-state index is 4.52. The number of nitrogens with one attached hydrogen (secondary N) is 1. The van der Waals surface area contributed by atoms with Crippen molar-refractivity contribution in [1.29, 1.82) is 0 Å². The van der Waals surface area contributed by atoms with Crippen LogP contribution < -0.4 is 5.32 Å². The van der Waals surface area contributed by atoms with Gasteiger partial charge < -0.3 is 5.32 Å². The standard InChI is InChI=1S/C19H18N6/c1-12-6-8-21-16(9-12)24-18-17-13(2)14(3)25(19(17)23-11-22-18)15-5-4-7-20-10-15/h4-11H,1-3H3,(H,21,22,23,24). The van der Waals surface area contributed by atoms with Crippen LogP contribution in [0.3, 0.4) is 0 Å². The quantitative estimate of drug-likeness (QED) is 0.617. The molecule has 0 saturated carbocycles.